The quantitative estimate of drug-likeness (QED) is 0.838. The summed E-state index contributed by atoms with van der Waals surface area (Å²) in [4.78, 5) is 13.4. The maximum Gasteiger partial charge on any atom is 0.317 e. The molecule has 20 heavy (non-hydrogen) atoms. The molecule has 0 aliphatic heterocycles. The van der Waals surface area contributed by atoms with Gasteiger partial charge in [0.1, 0.15) is 0 Å². The van der Waals surface area contributed by atoms with Crippen LogP contribution in [0.15, 0.2) is 18.2 Å². The fourth-order valence-corrected chi connectivity index (χ4v) is 2.14. The molecule has 2 amide bonds. The van der Waals surface area contributed by atoms with Crippen LogP contribution in [0.3, 0.4) is 0 Å². The second-order valence-corrected chi connectivity index (χ2v) is 5.54. The summed E-state index contributed by atoms with van der Waals surface area (Å²) in [6.07, 6.45) is 1.06. The number of hydrogen-bond acceptors (Lipinski definition) is 2. The third-order valence-electron chi connectivity index (χ3n) is 3.20. The normalized spacial score (nSPS) is 12.1. The van der Waals surface area contributed by atoms with Gasteiger partial charge in [-0.3, -0.25) is 0 Å². The Labute approximate surface area is 121 Å². The predicted molar refractivity (Wildman–Crippen MR) is 81.9 cm³/mol. The molecule has 0 aliphatic rings. The monoisotopic (exact) mass is 278 g/mol. The van der Waals surface area contributed by atoms with Crippen molar-refractivity contribution >= 4 is 6.03 Å². The van der Waals surface area contributed by atoms with Crippen molar-refractivity contribution in [2.24, 2.45) is 0 Å². The van der Waals surface area contributed by atoms with E-state index in [1.807, 2.05) is 0 Å². The molecule has 4 nitrogen and oxygen atoms in total. The van der Waals surface area contributed by atoms with E-state index in [1.165, 1.54) is 16.7 Å². The first-order chi connectivity index (χ1) is 9.38. The van der Waals surface area contributed by atoms with Gasteiger partial charge >= 0.3 is 6.03 Å². The molecule has 0 fully saturated rings. The lowest BCUT2D eigenvalue weighted by Crippen LogP contribution is -2.39. The first-order valence-electron chi connectivity index (χ1n) is 7.12. The Morgan fingerprint density at radius 1 is 1.30 bits per heavy atom. The maximum absolute atomic E-state index is 11.8. The Balaban J connectivity index is 2.34. The minimum absolute atomic E-state index is 0.0879. The van der Waals surface area contributed by atoms with Crippen molar-refractivity contribution in [2.75, 3.05) is 20.1 Å². The lowest BCUT2D eigenvalue weighted by molar-refractivity contribution is 0.163. The summed E-state index contributed by atoms with van der Waals surface area (Å²) in [6.45, 7) is 7.08. The molecule has 0 saturated carbocycles. The van der Waals surface area contributed by atoms with Crippen LogP contribution in [0.1, 0.15) is 30.0 Å². The van der Waals surface area contributed by atoms with E-state index >= 15 is 0 Å². The molecule has 0 aromatic heterocycles. The van der Waals surface area contributed by atoms with Gasteiger partial charge in [0.25, 0.3) is 0 Å². The van der Waals surface area contributed by atoms with Gasteiger partial charge in [-0.25, -0.2) is 4.79 Å². The number of rotatable bonds is 6. The highest BCUT2D eigenvalue weighted by Crippen LogP contribution is 2.09. The Morgan fingerprint density at radius 3 is 2.45 bits per heavy atom. The number of nitrogens with zero attached hydrogens (tertiary/aromatic N) is 1. The van der Waals surface area contributed by atoms with Crippen LogP contribution in [0.4, 0.5) is 4.79 Å². The summed E-state index contributed by atoms with van der Waals surface area (Å²) < 4.78 is 0. The van der Waals surface area contributed by atoms with E-state index in [0.717, 1.165) is 6.42 Å². The molecule has 112 valence electrons. The van der Waals surface area contributed by atoms with Crippen molar-refractivity contribution in [3.8, 4) is 0 Å². The number of aliphatic hydroxyl groups excluding tert-OH is 1. The summed E-state index contributed by atoms with van der Waals surface area (Å²) in [5.74, 6) is 0. The van der Waals surface area contributed by atoms with Crippen molar-refractivity contribution in [3.05, 3.63) is 34.9 Å². The molecule has 2 N–H and O–H groups in total. The van der Waals surface area contributed by atoms with Crippen molar-refractivity contribution in [1.82, 2.24) is 10.2 Å². The molecule has 0 radical (unpaired) electrons. The van der Waals surface area contributed by atoms with Crippen LogP contribution in [0.25, 0.3) is 0 Å². The van der Waals surface area contributed by atoms with Gasteiger partial charge in [0.05, 0.1) is 6.10 Å². The van der Waals surface area contributed by atoms with Crippen LogP contribution in [-0.2, 0) is 6.42 Å². The van der Waals surface area contributed by atoms with Crippen LogP contribution in [0.5, 0.6) is 0 Å². The third-order valence-corrected chi connectivity index (χ3v) is 3.20. The van der Waals surface area contributed by atoms with Crippen LogP contribution in [0.2, 0.25) is 0 Å². The van der Waals surface area contributed by atoms with Gasteiger partial charge in [0.15, 0.2) is 0 Å². The molecular weight excluding hydrogens is 252 g/mol. The van der Waals surface area contributed by atoms with Gasteiger partial charge in [0, 0.05) is 20.1 Å². The van der Waals surface area contributed by atoms with E-state index in [1.54, 1.807) is 18.9 Å². The first kappa shape index (κ1) is 16.5. The largest absolute Gasteiger partial charge is 0.393 e. The molecular formula is C16H26N2O2. The van der Waals surface area contributed by atoms with E-state index in [-0.39, 0.29) is 12.1 Å². The molecule has 0 bridgehead atoms. The molecule has 0 saturated heterocycles. The SMILES string of the molecule is Cc1cc(C)cc(CCNC(=O)N(C)CCC(C)O)c1. The van der Waals surface area contributed by atoms with Gasteiger partial charge in [-0.15, -0.1) is 0 Å². The first-order valence-corrected chi connectivity index (χ1v) is 7.12. The van der Waals surface area contributed by atoms with Crippen molar-refractivity contribution in [3.63, 3.8) is 0 Å². The average Bonchev–Trinajstić information content (AvgIpc) is 2.34. The number of aryl methyl sites for hydroxylation is 2. The summed E-state index contributed by atoms with van der Waals surface area (Å²) in [7, 11) is 1.74. The smallest absolute Gasteiger partial charge is 0.317 e. The highest BCUT2D eigenvalue weighted by Gasteiger charge is 2.08. The third kappa shape index (κ3) is 6.06. The summed E-state index contributed by atoms with van der Waals surface area (Å²) in [6, 6.07) is 6.36. The standard InChI is InChI=1S/C16H26N2O2/c1-12-9-13(2)11-15(10-12)5-7-17-16(20)18(4)8-6-14(3)19/h9-11,14,19H,5-8H2,1-4H3,(H,17,20). The van der Waals surface area contributed by atoms with E-state index in [9.17, 15) is 9.90 Å². The Morgan fingerprint density at radius 2 is 1.90 bits per heavy atom. The number of hydrogen-bond donors (Lipinski definition) is 2. The minimum Gasteiger partial charge on any atom is -0.393 e. The predicted octanol–water partition coefficient (Wildman–Crippen LogP) is 2.26. The van der Waals surface area contributed by atoms with E-state index in [2.05, 4.69) is 37.4 Å². The Hall–Kier alpha value is -1.55. The number of amides is 2. The molecule has 0 heterocycles. The zero-order chi connectivity index (χ0) is 15.1. The van der Waals surface area contributed by atoms with Crippen LogP contribution in [-0.4, -0.2) is 42.3 Å². The lowest BCUT2D eigenvalue weighted by Gasteiger charge is -2.18. The fraction of sp³-hybridized carbons (Fsp3) is 0.562. The van der Waals surface area contributed by atoms with Crippen molar-refractivity contribution < 1.29 is 9.90 Å². The van der Waals surface area contributed by atoms with Gasteiger partial charge in [-0.05, 0) is 39.2 Å². The highest BCUT2D eigenvalue weighted by molar-refractivity contribution is 5.73. The molecule has 1 aromatic carbocycles. The number of carbonyl (C=O) groups excluding carboxylic acids is 1. The van der Waals surface area contributed by atoms with E-state index in [4.69, 9.17) is 0 Å². The van der Waals surface area contributed by atoms with E-state index in [0.29, 0.717) is 19.5 Å². The van der Waals surface area contributed by atoms with Crippen LogP contribution >= 0.6 is 0 Å². The second-order valence-electron chi connectivity index (χ2n) is 5.54. The molecule has 0 spiro atoms. The molecule has 1 unspecified atom stereocenters. The van der Waals surface area contributed by atoms with Crippen molar-refractivity contribution in [1.29, 1.82) is 0 Å². The molecule has 1 atom stereocenters. The topological polar surface area (TPSA) is 52.6 Å². The van der Waals surface area contributed by atoms with Crippen molar-refractivity contribution in [2.45, 2.75) is 39.7 Å². The number of benzene rings is 1. The fourth-order valence-electron chi connectivity index (χ4n) is 2.14. The summed E-state index contributed by atoms with van der Waals surface area (Å²) in [5.41, 5.74) is 3.75. The number of carbonyl (C=O) groups is 1. The number of aliphatic hydroxyl groups is 1. The lowest BCUT2D eigenvalue weighted by atomic mass is 10.1. The molecule has 1 aromatic rings. The molecule has 1 rings (SSSR count). The molecule has 0 aliphatic carbocycles. The van der Waals surface area contributed by atoms with Crippen LogP contribution < -0.4 is 5.32 Å². The number of nitrogens with one attached hydrogen (secondary N) is 1. The second kappa shape index (κ2) is 7.90. The summed E-state index contributed by atoms with van der Waals surface area (Å²) in [5, 5.41) is 12.1. The van der Waals surface area contributed by atoms with Gasteiger partial charge in [-0.1, -0.05) is 29.3 Å². The van der Waals surface area contributed by atoms with Gasteiger partial charge < -0.3 is 15.3 Å². The number of urea groups is 1. The Kier molecular flexibility index (Phi) is 6.52. The zero-order valence-electron chi connectivity index (χ0n) is 12.9. The Bertz CT molecular complexity index is 424. The zero-order valence-corrected chi connectivity index (χ0v) is 12.9. The van der Waals surface area contributed by atoms with Crippen LogP contribution in [0, 0.1) is 13.8 Å². The van der Waals surface area contributed by atoms with Gasteiger partial charge in [0.2, 0.25) is 0 Å². The minimum atomic E-state index is -0.375. The van der Waals surface area contributed by atoms with Gasteiger partial charge in [-0.2, -0.15) is 0 Å². The highest BCUT2D eigenvalue weighted by atomic mass is 16.3. The van der Waals surface area contributed by atoms with E-state index < -0.39 is 0 Å². The molecule has 4 heteroatoms. The summed E-state index contributed by atoms with van der Waals surface area (Å²) >= 11 is 0. The average molecular weight is 278 g/mol. The maximum atomic E-state index is 11.8.